The first-order valence-corrected chi connectivity index (χ1v) is 5.23. The number of fused-ring (bicyclic) bond motifs is 1. The average molecular weight is 248 g/mol. The van der Waals surface area contributed by atoms with Gasteiger partial charge in [0.2, 0.25) is 5.75 Å². The molecule has 0 aliphatic rings. The van der Waals surface area contributed by atoms with Crippen molar-refractivity contribution in [3.8, 4) is 11.5 Å². The van der Waals surface area contributed by atoms with E-state index in [9.17, 15) is 9.59 Å². The van der Waals surface area contributed by atoms with Crippen molar-refractivity contribution in [1.29, 1.82) is 0 Å². The number of methoxy groups -OCH3 is 1. The Balaban J connectivity index is 2.79. The Morgan fingerprint density at radius 1 is 1.33 bits per heavy atom. The Kier molecular flexibility index (Phi) is 3.18. The molecule has 1 aromatic heterocycles. The lowest BCUT2D eigenvalue weighted by molar-refractivity contribution is -0.120. The number of aromatic amines is 1. The van der Waals surface area contributed by atoms with Crippen LogP contribution in [0.5, 0.6) is 11.5 Å². The zero-order valence-corrected chi connectivity index (χ0v) is 9.94. The van der Waals surface area contributed by atoms with Crippen molar-refractivity contribution in [2.45, 2.75) is 0 Å². The van der Waals surface area contributed by atoms with Crippen LogP contribution in [-0.2, 0) is 4.79 Å². The molecule has 1 heterocycles. The summed E-state index contributed by atoms with van der Waals surface area (Å²) in [5.74, 6) is 0.0979. The van der Waals surface area contributed by atoms with Gasteiger partial charge in [-0.05, 0) is 18.2 Å². The molecule has 18 heavy (non-hydrogen) atoms. The summed E-state index contributed by atoms with van der Waals surface area (Å²) in [6, 6.07) is 5.37. The molecule has 0 bridgehead atoms. The molecular formula is C12H12N2O4. The van der Waals surface area contributed by atoms with Gasteiger partial charge in [-0.2, -0.15) is 0 Å². The fourth-order valence-electron chi connectivity index (χ4n) is 1.76. The zero-order valence-electron chi connectivity index (χ0n) is 9.94. The molecule has 2 rings (SSSR count). The number of rotatable bonds is 4. The Hall–Kier alpha value is -2.50. The maximum atomic E-state index is 11.8. The number of carbonyl (C=O) groups excluding carboxylic acids is 1. The van der Waals surface area contributed by atoms with Crippen LogP contribution in [0, 0.1) is 0 Å². The van der Waals surface area contributed by atoms with Crippen molar-refractivity contribution in [1.82, 2.24) is 4.98 Å². The third-order valence-electron chi connectivity index (χ3n) is 2.58. The van der Waals surface area contributed by atoms with E-state index in [1.165, 1.54) is 7.11 Å². The van der Waals surface area contributed by atoms with Gasteiger partial charge in [-0.1, -0.05) is 0 Å². The van der Waals surface area contributed by atoms with Crippen LogP contribution in [0.15, 0.2) is 23.0 Å². The number of hydrogen-bond acceptors (Lipinski definition) is 5. The standard InChI is InChI=1S/C12H12N2O4/c1-13-7-3-4-8-9(5-7)14-12(16)11(18-6-15)10(8)17-2/h3-6,13H,1-2H3,(H,14,16). The van der Waals surface area contributed by atoms with Crippen molar-refractivity contribution in [3.05, 3.63) is 28.6 Å². The maximum absolute atomic E-state index is 11.8. The molecule has 0 saturated heterocycles. The van der Waals surface area contributed by atoms with Gasteiger partial charge in [0.25, 0.3) is 12.0 Å². The Morgan fingerprint density at radius 2 is 2.11 bits per heavy atom. The lowest BCUT2D eigenvalue weighted by Crippen LogP contribution is -2.12. The monoisotopic (exact) mass is 248 g/mol. The molecule has 94 valence electrons. The average Bonchev–Trinajstić information content (AvgIpc) is 2.39. The van der Waals surface area contributed by atoms with Crippen molar-refractivity contribution in [2.75, 3.05) is 19.5 Å². The second kappa shape index (κ2) is 4.79. The van der Waals surface area contributed by atoms with E-state index in [-0.39, 0.29) is 18.0 Å². The molecule has 0 spiro atoms. The fraction of sp³-hybridized carbons (Fsp3) is 0.167. The number of H-pyrrole nitrogens is 1. The molecule has 0 amide bonds. The molecule has 2 N–H and O–H groups in total. The second-order valence-electron chi connectivity index (χ2n) is 3.54. The summed E-state index contributed by atoms with van der Waals surface area (Å²) < 4.78 is 9.80. The van der Waals surface area contributed by atoms with Crippen LogP contribution in [0.25, 0.3) is 10.9 Å². The van der Waals surface area contributed by atoms with Crippen molar-refractivity contribution in [3.63, 3.8) is 0 Å². The molecule has 2 aromatic rings. The van der Waals surface area contributed by atoms with Gasteiger partial charge in [0.15, 0.2) is 5.75 Å². The van der Waals surface area contributed by atoms with Gasteiger partial charge in [-0.15, -0.1) is 0 Å². The van der Waals surface area contributed by atoms with E-state index in [0.29, 0.717) is 10.9 Å². The number of anilines is 1. The molecule has 0 radical (unpaired) electrons. The number of nitrogens with one attached hydrogen (secondary N) is 2. The van der Waals surface area contributed by atoms with E-state index < -0.39 is 5.56 Å². The van der Waals surface area contributed by atoms with Crippen molar-refractivity contribution < 1.29 is 14.3 Å². The number of carbonyl (C=O) groups is 1. The van der Waals surface area contributed by atoms with Gasteiger partial charge < -0.3 is 19.8 Å². The highest BCUT2D eigenvalue weighted by molar-refractivity contribution is 5.90. The van der Waals surface area contributed by atoms with Gasteiger partial charge in [-0.3, -0.25) is 9.59 Å². The van der Waals surface area contributed by atoms with Crippen LogP contribution in [0.4, 0.5) is 5.69 Å². The van der Waals surface area contributed by atoms with E-state index in [1.54, 1.807) is 19.2 Å². The molecule has 0 aliphatic carbocycles. The summed E-state index contributed by atoms with van der Waals surface area (Å²) in [7, 11) is 3.19. The van der Waals surface area contributed by atoms with Crippen LogP contribution in [0.1, 0.15) is 0 Å². The van der Waals surface area contributed by atoms with E-state index >= 15 is 0 Å². The number of hydrogen-bond donors (Lipinski definition) is 2. The van der Waals surface area contributed by atoms with Crippen molar-refractivity contribution >= 4 is 23.1 Å². The predicted molar refractivity (Wildman–Crippen MR) is 67.4 cm³/mol. The normalized spacial score (nSPS) is 10.1. The first-order chi connectivity index (χ1) is 8.71. The topological polar surface area (TPSA) is 80.4 Å². The van der Waals surface area contributed by atoms with Gasteiger partial charge in [0.05, 0.1) is 12.6 Å². The molecule has 0 saturated carbocycles. The van der Waals surface area contributed by atoms with Gasteiger partial charge in [0.1, 0.15) is 0 Å². The SMILES string of the molecule is CNc1ccc2c(OC)c(OC=O)c(=O)[nH]c2c1. The van der Waals surface area contributed by atoms with E-state index in [4.69, 9.17) is 4.74 Å². The number of ether oxygens (including phenoxy) is 2. The highest BCUT2D eigenvalue weighted by atomic mass is 16.5. The quantitative estimate of drug-likeness (QED) is 0.792. The van der Waals surface area contributed by atoms with Gasteiger partial charge >= 0.3 is 0 Å². The highest BCUT2D eigenvalue weighted by Gasteiger charge is 2.14. The highest BCUT2D eigenvalue weighted by Crippen LogP contribution is 2.32. The van der Waals surface area contributed by atoms with Crippen LogP contribution >= 0.6 is 0 Å². The van der Waals surface area contributed by atoms with E-state index in [2.05, 4.69) is 15.0 Å². The molecule has 0 atom stereocenters. The molecule has 0 fully saturated rings. The first kappa shape index (κ1) is 12.0. The van der Waals surface area contributed by atoms with Crippen molar-refractivity contribution in [2.24, 2.45) is 0 Å². The summed E-state index contributed by atoms with van der Waals surface area (Å²) in [4.78, 5) is 24.8. The van der Waals surface area contributed by atoms with Gasteiger partial charge in [-0.25, -0.2) is 0 Å². The lowest BCUT2D eigenvalue weighted by Gasteiger charge is -2.10. The molecular weight excluding hydrogens is 236 g/mol. The molecule has 6 heteroatoms. The summed E-state index contributed by atoms with van der Waals surface area (Å²) in [6.45, 7) is 0.195. The third kappa shape index (κ3) is 1.88. The Labute approximate surface area is 103 Å². The van der Waals surface area contributed by atoms with E-state index in [0.717, 1.165) is 5.69 Å². The second-order valence-corrected chi connectivity index (χ2v) is 3.54. The Morgan fingerprint density at radius 3 is 2.72 bits per heavy atom. The maximum Gasteiger partial charge on any atom is 0.298 e. The summed E-state index contributed by atoms with van der Waals surface area (Å²) in [5, 5.41) is 3.63. The zero-order chi connectivity index (χ0) is 13.1. The summed E-state index contributed by atoms with van der Waals surface area (Å²) in [6.07, 6.45) is 0. The number of aromatic nitrogens is 1. The minimum atomic E-state index is -0.514. The third-order valence-corrected chi connectivity index (χ3v) is 2.58. The van der Waals surface area contributed by atoms with Gasteiger partial charge in [0, 0.05) is 18.1 Å². The Bertz CT molecular complexity index is 648. The molecule has 6 nitrogen and oxygen atoms in total. The van der Waals surface area contributed by atoms with Crippen LogP contribution in [0.2, 0.25) is 0 Å². The van der Waals surface area contributed by atoms with E-state index in [1.807, 2.05) is 6.07 Å². The first-order valence-electron chi connectivity index (χ1n) is 5.23. The van der Waals surface area contributed by atoms with Crippen LogP contribution < -0.4 is 20.3 Å². The number of benzene rings is 1. The largest absolute Gasteiger partial charge is 0.492 e. The minimum absolute atomic E-state index is 0.141. The predicted octanol–water partition coefficient (Wildman–Crippen LogP) is 1.11. The minimum Gasteiger partial charge on any atom is -0.492 e. The smallest absolute Gasteiger partial charge is 0.298 e. The fourth-order valence-corrected chi connectivity index (χ4v) is 1.76. The molecule has 0 unspecified atom stereocenters. The lowest BCUT2D eigenvalue weighted by atomic mass is 10.1. The van der Waals surface area contributed by atoms with Crippen LogP contribution in [0.3, 0.4) is 0 Å². The molecule has 0 aliphatic heterocycles. The number of pyridine rings is 1. The van der Waals surface area contributed by atoms with Crippen LogP contribution in [-0.4, -0.2) is 25.6 Å². The summed E-state index contributed by atoms with van der Waals surface area (Å²) in [5.41, 5.74) is 0.936. The molecule has 1 aromatic carbocycles. The summed E-state index contributed by atoms with van der Waals surface area (Å²) >= 11 is 0.